The highest BCUT2D eigenvalue weighted by Gasteiger charge is 2.35. The first-order chi connectivity index (χ1) is 15.1. The molecule has 7 heteroatoms. The van der Waals surface area contributed by atoms with Gasteiger partial charge in [0.15, 0.2) is 5.69 Å². The Balaban J connectivity index is 1.46. The van der Waals surface area contributed by atoms with Gasteiger partial charge in [-0.3, -0.25) is 14.4 Å². The van der Waals surface area contributed by atoms with Crippen LogP contribution in [0.25, 0.3) is 0 Å². The van der Waals surface area contributed by atoms with Crippen LogP contribution in [0.3, 0.4) is 0 Å². The van der Waals surface area contributed by atoms with Crippen LogP contribution in [0.1, 0.15) is 59.4 Å². The normalized spacial score (nSPS) is 22.1. The number of piperidine rings is 1. The molecule has 3 heterocycles. The number of nitrogens with zero attached hydrogens (tertiary/aromatic N) is 4. The summed E-state index contributed by atoms with van der Waals surface area (Å²) in [5.74, 6) is 0.795. The van der Waals surface area contributed by atoms with Crippen LogP contribution in [0.4, 0.5) is 0 Å². The first-order valence-corrected chi connectivity index (χ1v) is 11.5. The smallest absolute Gasteiger partial charge is 0.274 e. The summed E-state index contributed by atoms with van der Waals surface area (Å²) in [6.07, 6.45) is 5.91. The molecule has 2 aliphatic heterocycles. The summed E-state index contributed by atoms with van der Waals surface area (Å²) < 4.78 is 7.40. The lowest BCUT2D eigenvalue weighted by atomic mass is 9.89. The second-order valence-corrected chi connectivity index (χ2v) is 9.14. The van der Waals surface area contributed by atoms with Gasteiger partial charge in [0.1, 0.15) is 5.75 Å². The molecule has 1 aliphatic carbocycles. The fourth-order valence-corrected chi connectivity index (χ4v) is 5.11. The maximum atomic E-state index is 13.4. The van der Waals surface area contributed by atoms with Crippen molar-refractivity contribution in [3.8, 4) is 5.75 Å². The molecule has 1 aromatic heterocycles. The van der Waals surface area contributed by atoms with Crippen molar-refractivity contribution in [3.05, 3.63) is 46.8 Å². The van der Waals surface area contributed by atoms with Crippen molar-refractivity contribution in [3.63, 3.8) is 0 Å². The topological polar surface area (TPSA) is 70.8 Å². The number of hydrogen-bond acceptors (Lipinski definition) is 5. The lowest BCUT2D eigenvalue weighted by Gasteiger charge is -2.40. The predicted molar refractivity (Wildman–Crippen MR) is 117 cm³/mol. The highest BCUT2D eigenvalue weighted by atomic mass is 16.5. The van der Waals surface area contributed by atoms with Gasteiger partial charge in [0.25, 0.3) is 5.91 Å². The molecule has 0 unspecified atom stereocenters. The molecule has 2 aromatic rings. The van der Waals surface area contributed by atoms with Crippen molar-refractivity contribution in [1.29, 1.82) is 0 Å². The Labute approximate surface area is 183 Å². The third kappa shape index (κ3) is 4.08. The lowest BCUT2D eigenvalue weighted by molar-refractivity contribution is 0.0464. The van der Waals surface area contributed by atoms with E-state index in [0.29, 0.717) is 31.4 Å². The first kappa shape index (κ1) is 20.5. The molecule has 0 radical (unpaired) electrons. The van der Waals surface area contributed by atoms with E-state index in [1.165, 1.54) is 25.0 Å². The summed E-state index contributed by atoms with van der Waals surface area (Å²) in [6.45, 7) is 3.55. The number of hydrogen-bond donors (Lipinski definition) is 1. The molecule has 1 atom stereocenters. The van der Waals surface area contributed by atoms with E-state index in [-0.39, 0.29) is 5.91 Å². The van der Waals surface area contributed by atoms with Crippen molar-refractivity contribution in [1.82, 2.24) is 19.6 Å². The maximum absolute atomic E-state index is 13.4. The van der Waals surface area contributed by atoms with Crippen molar-refractivity contribution in [2.24, 2.45) is 0 Å². The van der Waals surface area contributed by atoms with Crippen LogP contribution in [0, 0.1) is 0 Å². The molecule has 1 N–H and O–H groups in total. The molecular formula is C24H32N4O3. The molecule has 1 saturated carbocycles. The van der Waals surface area contributed by atoms with Gasteiger partial charge in [-0.25, -0.2) is 0 Å². The van der Waals surface area contributed by atoms with E-state index in [2.05, 4.69) is 11.0 Å². The van der Waals surface area contributed by atoms with E-state index in [4.69, 9.17) is 9.84 Å². The van der Waals surface area contributed by atoms with Crippen molar-refractivity contribution < 1.29 is 14.6 Å². The average molecular weight is 425 g/mol. The minimum Gasteiger partial charge on any atom is -0.497 e. The zero-order valence-electron chi connectivity index (χ0n) is 18.3. The number of β-amino-alcohol motifs (C(OH)–C–C–N with tert-alkyl or cyclic N) is 1. The van der Waals surface area contributed by atoms with Crippen molar-refractivity contribution in [2.45, 2.75) is 63.8 Å². The molecule has 7 nitrogen and oxygen atoms in total. The average Bonchev–Trinajstić information content (AvgIpc) is 3.10. The summed E-state index contributed by atoms with van der Waals surface area (Å²) in [6, 6.07) is 8.68. The Morgan fingerprint density at radius 1 is 1.23 bits per heavy atom. The molecule has 166 valence electrons. The second kappa shape index (κ2) is 8.63. The summed E-state index contributed by atoms with van der Waals surface area (Å²) in [5.41, 5.74) is 3.96. The van der Waals surface area contributed by atoms with Crippen LogP contribution in [-0.2, 0) is 19.5 Å². The number of aliphatic hydroxyl groups is 1. The number of rotatable bonds is 5. The molecule has 1 aromatic carbocycles. The van der Waals surface area contributed by atoms with Crippen LogP contribution in [0.15, 0.2) is 24.3 Å². The highest BCUT2D eigenvalue weighted by Crippen LogP contribution is 2.32. The van der Waals surface area contributed by atoms with Gasteiger partial charge in [-0.2, -0.15) is 5.10 Å². The molecule has 31 heavy (non-hydrogen) atoms. The minimum atomic E-state index is -0.432. The third-order valence-electron chi connectivity index (χ3n) is 7.11. The molecule has 0 spiro atoms. The van der Waals surface area contributed by atoms with Gasteiger partial charge in [0.05, 0.1) is 19.8 Å². The molecule has 1 saturated heterocycles. The SMILES string of the molecule is COc1cccc(Cn2nc(C(=O)N3CCC[C@H](O)C3)c3c2CCN(C2CCC2)C3)c1. The minimum absolute atomic E-state index is 0.0325. The zero-order valence-corrected chi connectivity index (χ0v) is 18.3. The number of methoxy groups -OCH3 is 1. The van der Waals surface area contributed by atoms with Gasteiger partial charge in [-0.1, -0.05) is 18.6 Å². The van der Waals surface area contributed by atoms with Gasteiger partial charge >= 0.3 is 0 Å². The van der Waals surface area contributed by atoms with Gasteiger partial charge < -0.3 is 14.7 Å². The van der Waals surface area contributed by atoms with E-state index in [1.54, 1.807) is 12.0 Å². The van der Waals surface area contributed by atoms with E-state index < -0.39 is 6.10 Å². The van der Waals surface area contributed by atoms with Crippen LogP contribution >= 0.6 is 0 Å². The Morgan fingerprint density at radius 3 is 2.84 bits per heavy atom. The number of amides is 1. The summed E-state index contributed by atoms with van der Waals surface area (Å²) in [4.78, 5) is 17.8. The molecule has 3 aliphatic rings. The molecular weight excluding hydrogens is 392 g/mol. The number of likely N-dealkylation sites (tertiary alicyclic amines) is 1. The number of ether oxygens (including phenoxy) is 1. The lowest BCUT2D eigenvalue weighted by Crippen LogP contribution is -2.45. The number of benzene rings is 1. The van der Waals surface area contributed by atoms with Crippen LogP contribution in [0.2, 0.25) is 0 Å². The monoisotopic (exact) mass is 424 g/mol. The summed E-state index contributed by atoms with van der Waals surface area (Å²) in [7, 11) is 1.67. The number of carbonyl (C=O) groups is 1. The van der Waals surface area contributed by atoms with Gasteiger partial charge in [-0.05, 0) is 43.4 Å². The van der Waals surface area contributed by atoms with E-state index in [0.717, 1.165) is 49.2 Å². The number of aromatic nitrogens is 2. The Kier molecular flexibility index (Phi) is 5.71. The summed E-state index contributed by atoms with van der Waals surface area (Å²) in [5, 5.41) is 14.9. The third-order valence-corrected chi connectivity index (χ3v) is 7.11. The molecule has 1 amide bonds. The van der Waals surface area contributed by atoms with Crippen LogP contribution < -0.4 is 4.74 Å². The van der Waals surface area contributed by atoms with E-state index in [1.807, 2.05) is 22.9 Å². The fraction of sp³-hybridized carbons (Fsp3) is 0.583. The number of carbonyl (C=O) groups excluding carboxylic acids is 1. The number of aliphatic hydroxyl groups excluding tert-OH is 1. The molecule has 2 fully saturated rings. The Hall–Kier alpha value is -2.38. The van der Waals surface area contributed by atoms with Gasteiger partial charge in [0, 0.05) is 49.9 Å². The van der Waals surface area contributed by atoms with Crippen molar-refractivity contribution in [2.75, 3.05) is 26.7 Å². The second-order valence-electron chi connectivity index (χ2n) is 9.14. The largest absolute Gasteiger partial charge is 0.497 e. The Morgan fingerprint density at radius 2 is 2.10 bits per heavy atom. The zero-order chi connectivity index (χ0) is 21.4. The first-order valence-electron chi connectivity index (χ1n) is 11.5. The highest BCUT2D eigenvalue weighted by molar-refractivity contribution is 5.94. The fourth-order valence-electron chi connectivity index (χ4n) is 5.11. The quantitative estimate of drug-likeness (QED) is 0.798. The van der Waals surface area contributed by atoms with Gasteiger partial charge in [-0.15, -0.1) is 0 Å². The van der Waals surface area contributed by atoms with Crippen LogP contribution in [0.5, 0.6) is 5.75 Å². The molecule has 5 rings (SSSR count). The van der Waals surface area contributed by atoms with E-state index >= 15 is 0 Å². The number of fused-ring (bicyclic) bond motifs is 1. The van der Waals surface area contributed by atoms with Gasteiger partial charge in [0.2, 0.25) is 0 Å². The summed E-state index contributed by atoms with van der Waals surface area (Å²) >= 11 is 0. The Bertz CT molecular complexity index is 952. The standard InChI is InChI=1S/C24H32N4O3/c1-31-20-9-2-5-17(13-20)14-28-22-10-12-26(18-6-3-7-18)16-21(22)23(25-28)24(30)27-11-4-8-19(29)15-27/h2,5,9,13,18-19,29H,3-4,6-8,10-12,14-16H2,1H3/t19-/m0/s1. The van der Waals surface area contributed by atoms with Crippen molar-refractivity contribution >= 4 is 5.91 Å². The molecule has 0 bridgehead atoms. The predicted octanol–water partition coefficient (Wildman–Crippen LogP) is 2.45. The maximum Gasteiger partial charge on any atom is 0.274 e. The van der Waals surface area contributed by atoms with Crippen LogP contribution in [-0.4, -0.2) is 69.5 Å². The van der Waals surface area contributed by atoms with E-state index in [9.17, 15) is 9.90 Å².